The first-order valence-corrected chi connectivity index (χ1v) is 7.35. The standard InChI is InChI=1S/C11H18BrN3S/c1-9(15-4-2-13-3-5-15)7-14-11-6-10(12)8-16-11/h6,8-9,13-14H,2-5,7H2,1H3. The van der Waals surface area contributed by atoms with Crippen molar-refractivity contribution in [2.75, 3.05) is 38.0 Å². The van der Waals surface area contributed by atoms with Crippen molar-refractivity contribution >= 4 is 32.3 Å². The van der Waals surface area contributed by atoms with E-state index in [4.69, 9.17) is 0 Å². The number of hydrogen-bond acceptors (Lipinski definition) is 4. The van der Waals surface area contributed by atoms with Gasteiger partial charge in [0.15, 0.2) is 0 Å². The van der Waals surface area contributed by atoms with Gasteiger partial charge in [-0.3, -0.25) is 4.90 Å². The number of rotatable bonds is 4. The fourth-order valence-corrected chi connectivity index (χ4v) is 3.24. The Morgan fingerprint density at radius 1 is 1.56 bits per heavy atom. The van der Waals surface area contributed by atoms with Crippen molar-refractivity contribution in [2.45, 2.75) is 13.0 Å². The SMILES string of the molecule is CC(CNc1cc(Br)cs1)N1CCNCC1. The second kappa shape index (κ2) is 6.00. The molecule has 0 bridgehead atoms. The molecule has 1 atom stereocenters. The van der Waals surface area contributed by atoms with Gasteiger partial charge in [0.1, 0.15) is 0 Å². The van der Waals surface area contributed by atoms with Crippen LogP contribution in [0.5, 0.6) is 0 Å². The lowest BCUT2D eigenvalue weighted by molar-refractivity contribution is 0.191. The van der Waals surface area contributed by atoms with E-state index in [1.807, 2.05) is 0 Å². The van der Waals surface area contributed by atoms with Crippen molar-refractivity contribution in [1.29, 1.82) is 0 Å². The maximum absolute atomic E-state index is 3.49. The van der Waals surface area contributed by atoms with E-state index < -0.39 is 0 Å². The second-order valence-corrected chi connectivity index (χ2v) is 5.97. The lowest BCUT2D eigenvalue weighted by atomic mass is 10.2. The van der Waals surface area contributed by atoms with Gasteiger partial charge < -0.3 is 10.6 Å². The predicted molar refractivity (Wildman–Crippen MR) is 74.4 cm³/mol. The van der Waals surface area contributed by atoms with Gasteiger partial charge in [-0.2, -0.15) is 0 Å². The number of piperazine rings is 1. The van der Waals surface area contributed by atoms with Gasteiger partial charge in [0.05, 0.1) is 5.00 Å². The Kier molecular flexibility index (Phi) is 4.64. The monoisotopic (exact) mass is 303 g/mol. The van der Waals surface area contributed by atoms with E-state index in [1.165, 1.54) is 5.00 Å². The van der Waals surface area contributed by atoms with Crippen LogP contribution in [0.4, 0.5) is 5.00 Å². The van der Waals surface area contributed by atoms with Gasteiger partial charge in [-0.15, -0.1) is 11.3 Å². The van der Waals surface area contributed by atoms with Crippen LogP contribution in [0.1, 0.15) is 6.92 Å². The zero-order valence-corrected chi connectivity index (χ0v) is 11.9. The summed E-state index contributed by atoms with van der Waals surface area (Å²) in [6.45, 7) is 7.88. The van der Waals surface area contributed by atoms with Crippen molar-refractivity contribution in [1.82, 2.24) is 10.2 Å². The van der Waals surface area contributed by atoms with Gasteiger partial charge in [0.25, 0.3) is 0 Å². The molecule has 0 spiro atoms. The fraction of sp³-hybridized carbons (Fsp3) is 0.636. The van der Waals surface area contributed by atoms with Crippen LogP contribution < -0.4 is 10.6 Å². The highest BCUT2D eigenvalue weighted by Gasteiger charge is 2.15. The summed E-state index contributed by atoms with van der Waals surface area (Å²) in [6, 6.07) is 2.73. The van der Waals surface area contributed by atoms with Crippen LogP contribution in [0.25, 0.3) is 0 Å². The van der Waals surface area contributed by atoms with Gasteiger partial charge in [0, 0.05) is 48.6 Å². The number of thiophene rings is 1. The predicted octanol–water partition coefficient (Wildman–Crippen LogP) is 2.22. The van der Waals surface area contributed by atoms with Crippen molar-refractivity contribution in [3.63, 3.8) is 0 Å². The summed E-state index contributed by atoms with van der Waals surface area (Å²) >= 11 is 5.22. The van der Waals surface area contributed by atoms with E-state index in [1.54, 1.807) is 11.3 Å². The first-order chi connectivity index (χ1) is 7.75. The van der Waals surface area contributed by atoms with Crippen molar-refractivity contribution in [3.8, 4) is 0 Å². The number of anilines is 1. The first-order valence-electron chi connectivity index (χ1n) is 5.68. The second-order valence-electron chi connectivity index (χ2n) is 4.15. The van der Waals surface area contributed by atoms with Gasteiger partial charge in [0.2, 0.25) is 0 Å². The van der Waals surface area contributed by atoms with E-state index in [-0.39, 0.29) is 0 Å². The zero-order valence-electron chi connectivity index (χ0n) is 9.50. The van der Waals surface area contributed by atoms with Gasteiger partial charge in [-0.05, 0) is 28.9 Å². The van der Waals surface area contributed by atoms with Crippen LogP contribution >= 0.6 is 27.3 Å². The Morgan fingerprint density at radius 3 is 2.94 bits per heavy atom. The largest absolute Gasteiger partial charge is 0.375 e. The Balaban J connectivity index is 1.76. The third-order valence-corrected chi connectivity index (χ3v) is 4.56. The summed E-state index contributed by atoms with van der Waals surface area (Å²) in [5, 5.41) is 10.2. The summed E-state index contributed by atoms with van der Waals surface area (Å²) in [7, 11) is 0. The van der Waals surface area contributed by atoms with Crippen LogP contribution in [0.15, 0.2) is 15.9 Å². The third-order valence-electron chi connectivity index (χ3n) is 2.91. The molecule has 2 rings (SSSR count). The number of halogens is 1. The average Bonchev–Trinajstić information content (AvgIpc) is 2.73. The Bertz CT molecular complexity index is 323. The van der Waals surface area contributed by atoms with E-state index in [9.17, 15) is 0 Å². The molecule has 1 aromatic rings. The lowest BCUT2D eigenvalue weighted by Gasteiger charge is -2.32. The molecule has 5 heteroatoms. The Morgan fingerprint density at radius 2 is 2.31 bits per heavy atom. The minimum absolute atomic E-state index is 0.600. The molecular weight excluding hydrogens is 286 g/mol. The molecule has 0 amide bonds. The average molecular weight is 304 g/mol. The summed E-state index contributed by atoms with van der Waals surface area (Å²) in [4.78, 5) is 2.53. The molecule has 1 aliphatic heterocycles. The first kappa shape index (κ1) is 12.4. The molecule has 1 saturated heterocycles. The minimum Gasteiger partial charge on any atom is -0.375 e. The number of hydrogen-bond donors (Lipinski definition) is 2. The normalized spacial score (nSPS) is 19.6. The summed E-state index contributed by atoms with van der Waals surface area (Å²) < 4.78 is 1.16. The highest BCUT2D eigenvalue weighted by atomic mass is 79.9. The minimum atomic E-state index is 0.600. The van der Waals surface area contributed by atoms with Gasteiger partial charge in [-0.1, -0.05) is 0 Å². The molecular formula is C11H18BrN3S. The number of nitrogens with zero attached hydrogens (tertiary/aromatic N) is 1. The summed E-state index contributed by atoms with van der Waals surface area (Å²) in [5.41, 5.74) is 0. The maximum Gasteiger partial charge on any atom is 0.0894 e. The molecule has 3 nitrogen and oxygen atoms in total. The molecule has 90 valence electrons. The fourth-order valence-electron chi connectivity index (χ4n) is 1.91. The van der Waals surface area contributed by atoms with Crippen LogP contribution in [0.3, 0.4) is 0 Å². The summed E-state index contributed by atoms with van der Waals surface area (Å²) in [6.07, 6.45) is 0. The summed E-state index contributed by atoms with van der Waals surface area (Å²) in [5.74, 6) is 0. The molecule has 0 aliphatic carbocycles. The molecule has 16 heavy (non-hydrogen) atoms. The highest BCUT2D eigenvalue weighted by molar-refractivity contribution is 9.10. The zero-order chi connectivity index (χ0) is 11.4. The van der Waals surface area contributed by atoms with Crippen LogP contribution in [0, 0.1) is 0 Å². The van der Waals surface area contributed by atoms with E-state index in [0.29, 0.717) is 6.04 Å². The number of nitrogens with one attached hydrogen (secondary N) is 2. The molecule has 1 unspecified atom stereocenters. The van der Waals surface area contributed by atoms with Gasteiger partial charge >= 0.3 is 0 Å². The quantitative estimate of drug-likeness (QED) is 0.893. The van der Waals surface area contributed by atoms with E-state index in [2.05, 4.69) is 49.8 Å². The lowest BCUT2D eigenvalue weighted by Crippen LogP contribution is -2.49. The molecule has 0 saturated carbocycles. The molecule has 1 fully saturated rings. The molecule has 1 aromatic heterocycles. The maximum atomic E-state index is 3.49. The van der Waals surface area contributed by atoms with E-state index in [0.717, 1.165) is 37.2 Å². The molecule has 2 N–H and O–H groups in total. The van der Waals surface area contributed by atoms with Crippen molar-refractivity contribution < 1.29 is 0 Å². The Hall–Kier alpha value is -0.100. The smallest absolute Gasteiger partial charge is 0.0894 e. The molecule has 0 aromatic carbocycles. The highest BCUT2D eigenvalue weighted by Crippen LogP contribution is 2.24. The van der Waals surface area contributed by atoms with Crippen LogP contribution in [0.2, 0.25) is 0 Å². The molecule has 1 aliphatic rings. The third kappa shape index (κ3) is 3.45. The van der Waals surface area contributed by atoms with Crippen LogP contribution in [-0.4, -0.2) is 43.7 Å². The van der Waals surface area contributed by atoms with Crippen molar-refractivity contribution in [3.05, 3.63) is 15.9 Å². The van der Waals surface area contributed by atoms with Gasteiger partial charge in [-0.25, -0.2) is 0 Å². The topological polar surface area (TPSA) is 27.3 Å². The van der Waals surface area contributed by atoms with E-state index >= 15 is 0 Å². The van der Waals surface area contributed by atoms with Crippen LogP contribution in [-0.2, 0) is 0 Å². The molecule has 2 heterocycles. The molecule has 0 radical (unpaired) electrons. The Labute approximate surface area is 109 Å². The van der Waals surface area contributed by atoms with Crippen molar-refractivity contribution in [2.24, 2.45) is 0 Å².